The smallest absolute Gasteiger partial charge is 0.203 e. The molecule has 8 atom stereocenters. The second kappa shape index (κ2) is 11.3. The van der Waals surface area contributed by atoms with Gasteiger partial charge in [-0.05, 0) is 17.7 Å². The minimum Gasteiger partial charge on any atom is -0.493 e. The van der Waals surface area contributed by atoms with Crippen LogP contribution in [0.2, 0.25) is 0 Å². The summed E-state index contributed by atoms with van der Waals surface area (Å²) in [5.41, 5.74) is -1.29. The molecule has 1 aromatic rings. The van der Waals surface area contributed by atoms with Gasteiger partial charge in [-0.1, -0.05) is 0 Å². The first-order valence-electron chi connectivity index (χ1n) is 10.5. The molecule has 2 saturated heterocycles. The largest absolute Gasteiger partial charge is 0.493 e. The number of methoxy groups -OCH3 is 3. The first kappa shape index (κ1) is 26.8. The van der Waals surface area contributed by atoms with Crippen LogP contribution in [0.3, 0.4) is 0 Å². The standard InChI is InChI=1S/C21H32O13/c1-28-11-4-10(5-12(29-2)17(11)30-3)6-31-19-16(25)15(24)14(23)13(34-19)7-32-20-18(26)21(27,8-22)9-33-20/h4-5,13-16,18-20,22-27H,6-9H2,1-3H3. The van der Waals surface area contributed by atoms with Crippen molar-refractivity contribution in [3.8, 4) is 17.2 Å². The van der Waals surface area contributed by atoms with Gasteiger partial charge in [0.15, 0.2) is 24.1 Å². The molecule has 1 aromatic carbocycles. The second-order valence-electron chi connectivity index (χ2n) is 8.08. The molecule has 13 nitrogen and oxygen atoms in total. The summed E-state index contributed by atoms with van der Waals surface area (Å²) in [4.78, 5) is 0. The van der Waals surface area contributed by atoms with Crippen LogP contribution >= 0.6 is 0 Å². The topological polar surface area (TPSA) is 186 Å². The molecule has 2 aliphatic rings. The Morgan fingerprint density at radius 3 is 2.09 bits per heavy atom. The fourth-order valence-electron chi connectivity index (χ4n) is 3.71. The van der Waals surface area contributed by atoms with Crippen LogP contribution in [0.25, 0.3) is 0 Å². The van der Waals surface area contributed by atoms with Crippen molar-refractivity contribution in [1.82, 2.24) is 0 Å². The van der Waals surface area contributed by atoms with Gasteiger partial charge in [-0.15, -0.1) is 0 Å². The van der Waals surface area contributed by atoms with Crippen LogP contribution < -0.4 is 14.2 Å². The highest BCUT2D eigenvalue weighted by atomic mass is 16.7. The monoisotopic (exact) mass is 492 g/mol. The molecule has 0 radical (unpaired) electrons. The molecular weight excluding hydrogens is 460 g/mol. The van der Waals surface area contributed by atoms with E-state index in [1.807, 2.05) is 0 Å². The van der Waals surface area contributed by atoms with Crippen LogP contribution in [0, 0.1) is 0 Å². The summed E-state index contributed by atoms with van der Waals surface area (Å²) in [5.74, 6) is 1.18. The zero-order valence-corrected chi connectivity index (χ0v) is 19.1. The maximum Gasteiger partial charge on any atom is 0.203 e. The van der Waals surface area contributed by atoms with Crippen molar-refractivity contribution in [1.29, 1.82) is 0 Å². The third-order valence-corrected chi connectivity index (χ3v) is 5.81. The molecule has 194 valence electrons. The van der Waals surface area contributed by atoms with Crippen molar-refractivity contribution in [3.05, 3.63) is 17.7 Å². The van der Waals surface area contributed by atoms with Gasteiger partial charge in [0.2, 0.25) is 5.75 Å². The van der Waals surface area contributed by atoms with E-state index in [0.29, 0.717) is 22.8 Å². The Hall–Kier alpha value is -1.78. The van der Waals surface area contributed by atoms with Gasteiger partial charge in [-0.3, -0.25) is 0 Å². The Labute approximate surface area is 195 Å². The predicted molar refractivity (Wildman–Crippen MR) is 111 cm³/mol. The highest BCUT2D eigenvalue weighted by Crippen LogP contribution is 2.38. The lowest BCUT2D eigenvalue weighted by Crippen LogP contribution is -2.59. The molecule has 13 heteroatoms. The van der Waals surface area contributed by atoms with Gasteiger partial charge >= 0.3 is 0 Å². The predicted octanol–water partition coefficient (Wildman–Crippen LogP) is -2.51. The van der Waals surface area contributed by atoms with Crippen LogP contribution in [0.4, 0.5) is 0 Å². The van der Waals surface area contributed by atoms with E-state index in [9.17, 15) is 30.6 Å². The third-order valence-electron chi connectivity index (χ3n) is 5.81. The van der Waals surface area contributed by atoms with Gasteiger partial charge in [0.05, 0.1) is 47.8 Å². The summed E-state index contributed by atoms with van der Waals surface area (Å²) in [5, 5.41) is 60.2. The summed E-state index contributed by atoms with van der Waals surface area (Å²) in [7, 11) is 4.40. The molecule has 2 heterocycles. The summed E-state index contributed by atoms with van der Waals surface area (Å²) in [6.45, 7) is -1.55. The fourth-order valence-corrected chi connectivity index (χ4v) is 3.71. The molecule has 0 saturated carbocycles. The number of benzene rings is 1. The molecule has 2 fully saturated rings. The first-order valence-corrected chi connectivity index (χ1v) is 10.5. The molecule has 0 amide bonds. The van der Waals surface area contributed by atoms with E-state index in [4.69, 9.17) is 33.2 Å². The number of hydrogen-bond acceptors (Lipinski definition) is 13. The Morgan fingerprint density at radius 1 is 0.912 bits per heavy atom. The molecule has 8 unspecified atom stereocenters. The Balaban J connectivity index is 1.64. The molecule has 0 bridgehead atoms. The lowest BCUT2D eigenvalue weighted by Gasteiger charge is -2.40. The minimum atomic E-state index is -1.88. The van der Waals surface area contributed by atoms with Gasteiger partial charge in [-0.25, -0.2) is 0 Å². The number of aliphatic hydroxyl groups is 6. The van der Waals surface area contributed by atoms with Crippen molar-refractivity contribution < 1.29 is 63.8 Å². The van der Waals surface area contributed by atoms with Crippen molar-refractivity contribution >= 4 is 0 Å². The van der Waals surface area contributed by atoms with E-state index < -0.39 is 55.3 Å². The van der Waals surface area contributed by atoms with Gasteiger partial charge in [0, 0.05) is 0 Å². The molecule has 34 heavy (non-hydrogen) atoms. The highest BCUT2D eigenvalue weighted by Gasteiger charge is 2.50. The van der Waals surface area contributed by atoms with E-state index in [0.717, 1.165) is 0 Å². The quantitative estimate of drug-likeness (QED) is 0.201. The number of rotatable bonds is 10. The highest BCUT2D eigenvalue weighted by molar-refractivity contribution is 5.53. The van der Waals surface area contributed by atoms with Crippen molar-refractivity contribution in [2.45, 2.75) is 55.3 Å². The molecular formula is C21H32O13. The maximum atomic E-state index is 10.3. The van der Waals surface area contributed by atoms with Gasteiger partial charge in [0.1, 0.15) is 36.1 Å². The number of aliphatic hydroxyl groups excluding tert-OH is 5. The van der Waals surface area contributed by atoms with Crippen molar-refractivity contribution in [2.24, 2.45) is 0 Å². The summed E-state index contributed by atoms with van der Waals surface area (Å²) in [6.07, 6.45) is -10.1. The summed E-state index contributed by atoms with van der Waals surface area (Å²) in [6, 6.07) is 3.28. The van der Waals surface area contributed by atoms with E-state index in [1.165, 1.54) is 21.3 Å². The van der Waals surface area contributed by atoms with E-state index >= 15 is 0 Å². The van der Waals surface area contributed by atoms with Crippen LogP contribution in [-0.2, 0) is 25.6 Å². The first-order chi connectivity index (χ1) is 16.2. The van der Waals surface area contributed by atoms with Gasteiger partial charge in [-0.2, -0.15) is 0 Å². The van der Waals surface area contributed by atoms with Crippen molar-refractivity contribution in [2.75, 3.05) is 41.2 Å². The van der Waals surface area contributed by atoms with Gasteiger partial charge in [0.25, 0.3) is 0 Å². The zero-order chi connectivity index (χ0) is 25.0. The Kier molecular flexibility index (Phi) is 8.92. The van der Waals surface area contributed by atoms with Crippen LogP contribution in [0.15, 0.2) is 12.1 Å². The van der Waals surface area contributed by atoms with E-state index in [1.54, 1.807) is 12.1 Å². The van der Waals surface area contributed by atoms with Gasteiger partial charge < -0.3 is 63.8 Å². The summed E-state index contributed by atoms with van der Waals surface area (Å²) >= 11 is 0. The average Bonchev–Trinajstić information content (AvgIpc) is 3.14. The maximum absolute atomic E-state index is 10.3. The number of ether oxygens (including phenoxy) is 7. The zero-order valence-electron chi connectivity index (χ0n) is 19.1. The molecule has 3 rings (SSSR count). The fraction of sp³-hybridized carbons (Fsp3) is 0.714. The SMILES string of the molecule is COc1cc(COC2OC(COC3OCC(O)(CO)C3O)C(O)C(O)C2O)cc(OC)c1OC. The molecule has 6 N–H and O–H groups in total. The normalized spacial score (nSPS) is 35.9. The third kappa shape index (κ3) is 5.39. The van der Waals surface area contributed by atoms with Crippen LogP contribution in [0.5, 0.6) is 17.2 Å². The van der Waals surface area contributed by atoms with Crippen LogP contribution in [0.1, 0.15) is 5.56 Å². The van der Waals surface area contributed by atoms with Crippen LogP contribution in [-0.4, -0.2) is 120 Å². The Bertz CT molecular complexity index is 782. The molecule has 0 spiro atoms. The van der Waals surface area contributed by atoms with Crippen molar-refractivity contribution in [3.63, 3.8) is 0 Å². The van der Waals surface area contributed by atoms with E-state index in [2.05, 4.69) is 0 Å². The minimum absolute atomic E-state index is 0.0805. The van der Waals surface area contributed by atoms with E-state index in [-0.39, 0.29) is 19.8 Å². The number of hydrogen-bond donors (Lipinski definition) is 6. The Morgan fingerprint density at radius 2 is 1.56 bits per heavy atom. The summed E-state index contributed by atoms with van der Waals surface area (Å²) < 4.78 is 37.6. The lowest BCUT2D eigenvalue weighted by molar-refractivity contribution is -0.312. The molecule has 0 aromatic heterocycles. The second-order valence-corrected chi connectivity index (χ2v) is 8.08. The molecule has 2 aliphatic heterocycles. The molecule has 0 aliphatic carbocycles. The lowest BCUT2D eigenvalue weighted by atomic mass is 9.99. The average molecular weight is 492 g/mol.